The van der Waals surface area contributed by atoms with Gasteiger partial charge < -0.3 is 0 Å². The van der Waals surface area contributed by atoms with Crippen LogP contribution in [-0.2, 0) is 13.1 Å². The largest absolute Gasteiger partial charge is 0.258 e. The average molecular weight is 504 g/mol. The normalized spacial score (nSPS) is 11.7. The van der Waals surface area contributed by atoms with Crippen LogP contribution < -0.4 is 4.57 Å². The SMILES string of the molecule is CCCCCCCCCCCCCCCCCn1cc[n+](CCCCCCCCCCC)c1C(C)C. The van der Waals surface area contributed by atoms with E-state index in [-0.39, 0.29) is 0 Å². The Labute approximate surface area is 228 Å². The van der Waals surface area contributed by atoms with E-state index >= 15 is 0 Å². The van der Waals surface area contributed by atoms with E-state index in [4.69, 9.17) is 0 Å². The zero-order valence-corrected chi connectivity index (χ0v) is 25.5. The topological polar surface area (TPSA) is 8.81 Å². The van der Waals surface area contributed by atoms with Crippen LogP contribution >= 0.6 is 0 Å². The van der Waals surface area contributed by atoms with Gasteiger partial charge in [0.1, 0.15) is 12.4 Å². The van der Waals surface area contributed by atoms with E-state index in [1.54, 1.807) is 5.82 Å². The highest BCUT2D eigenvalue weighted by atomic mass is 15.1. The third-order valence-electron chi connectivity index (χ3n) is 8.04. The predicted molar refractivity (Wildman–Crippen MR) is 161 cm³/mol. The maximum atomic E-state index is 2.56. The van der Waals surface area contributed by atoms with Crippen molar-refractivity contribution in [3.8, 4) is 0 Å². The van der Waals surface area contributed by atoms with E-state index in [2.05, 4.69) is 49.2 Å². The molecule has 0 aliphatic carbocycles. The molecule has 2 heteroatoms. The number of hydrogen-bond acceptors (Lipinski definition) is 0. The maximum Gasteiger partial charge on any atom is 0.258 e. The summed E-state index contributed by atoms with van der Waals surface area (Å²) in [4.78, 5) is 0. The van der Waals surface area contributed by atoms with Crippen molar-refractivity contribution in [2.75, 3.05) is 0 Å². The fourth-order valence-corrected chi connectivity index (χ4v) is 5.77. The molecule has 0 unspecified atom stereocenters. The first-order valence-electron chi connectivity index (χ1n) is 16.8. The highest BCUT2D eigenvalue weighted by Gasteiger charge is 2.20. The van der Waals surface area contributed by atoms with Crippen LogP contribution in [0.1, 0.15) is 194 Å². The first-order valence-corrected chi connectivity index (χ1v) is 16.8. The fraction of sp³-hybridized carbons (Fsp3) is 0.912. The molecule has 0 spiro atoms. The highest BCUT2D eigenvalue weighted by Crippen LogP contribution is 2.16. The molecule has 36 heavy (non-hydrogen) atoms. The van der Waals surface area contributed by atoms with Crippen LogP contribution in [-0.4, -0.2) is 4.57 Å². The first-order chi connectivity index (χ1) is 17.7. The van der Waals surface area contributed by atoms with Gasteiger partial charge in [-0.05, 0) is 25.7 Å². The lowest BCUT2D eigenvalue weighted by Crippen LogP contribution is -2.38. The Morgan fingerprint density at radius 3 is 1.28 bits per heavy atom. The van der Waals surface area contributed by atoms with Gasteiger partial charge in [0.15, 0.2) is 0 Å². The minimum atomic E-state index is 0.606. The van der Waals surface area contributed by atoms with Crippen molar-refractivity contribution in [3.05, 3.63) is 18.2 Å². The van der Waals surface area contributed by atoms with Crippen molar-refractivity contribution in [2.24, 2.45) is 0 Å². The van der Waals surface area contributed by atoms with Gasteiger partial charge in [-0.1, -0.05) is 156 Å². The molecule has 0 aromatic carbocycles. The van der Waals surface area contributed by atoms with Crippen molar-refractivity contribution in [1.82, 2.24) is 4.57 Å². The summed E-state index contributed by atoms with van der Waals surface area (Å²) >= 11 is 0. The maximum absolute atomic E-state index is 2.56. The van der Waals surface area contributed by atoms with Crippen molar-refractivity contribution < 1.29 is 4.57 Å². The van der Waals surface area contributed by atoms with Gasteiger partial charge in [-0.2, -0.15) is 0 Å². The van der Waals surface area contributed by atoms with Crippen LogP contribution in [0.5, 0.6) is 0 Å². The summed E-state index contributed by atoms with van der Waals surface area (Å²) in [5, 5.41) is 0. The zero-order valence-electron chi connectivity index (χ0n) is 25.5. The summed E-state index contributed by atoms with van der Waals surface area (Å²) in [5.41, 5.74) is 0. The van der Waals surface area contributed by atoms with Crippen LogP contribution in [0, 0.1) is 0 Å². The second kappa shape index (κ2) is 24.5. The lowest BCUT2D eigenvalue weighted by molar-refractivity contribution is -0.705. The lowest BCUT2D eigenvalue weighted by atomic mass is 10.0. The second-order valence-electron chi connectivity index (χ2n) is 12.0. The molecule has 212 valence electrons. The monoisotopic (exact) mass is 504 g/mol. The summed E-state index contributed by atoms with van der Waals surface area (Å²) in [6.45, 7) is 11.7. The van der Waals surface area contributed by atoms with Gasteiger partial charge in [0.2, 0.25) is 0 Å². The van der Waals surface area contributed by atoms with E-state index in [1.807, 2.05) is 0 Å². The van der Waals surface area contributed by atoms with E-state index in [9.17, 15) is 0 Å². The molecular formula is C34H67N2+. The van der Waals surface area contributed by atoms with Crippen molar-refractivity contribution in [1.29, 1.82) is 0 Å². The van der Waals surface area contributed by atoms with Crippen LogP contribution in [0.2, 0.25) is 0 Å². The molecule has 1 rings (SSSR count). The fourth-order valence-electron chi connectivity index (χ4n) is 5.77. The molecule has 0 amide bonds. The van der Waals surface area contributed by atoms with Crippen molar-refractivity contribution in [3.63, 3.8) is 0 Å². The van der Waals surface area contributed by atoms with E-state index in [1.165, 1.54) is 167 Å². The predicted octanol–water partition coefficient (Wildman–Crippen LogP) is 11.3. The Balaban J connectivity index is 2.05. The molecule has 0 aliphatic heterocycles. The molecular weight excluding hydrogens is 436 g/mol. The Morgan fingerprint density at radius 1 is 0.528 bits per heavy atom. The van der Waals surface area contributed by atoms with Gasteiger partial charge >= 0.3 is 0 Å². The van der Waals surface area contributed by atoms with Gasteiger partial charge in [-0.3, -0.25) is 0 Å². The molecule has 1 aromatic rings. The molecule has 0 fully saturated rings. The number of aryl methyl sites for hydroxylation is 2. The Bertz CT molecular complexity index is 574. The first kappa shape index (κ1) is 33.2. The lowest BCUT2D eigenvalue weighted by Gasteiger charge is -2.08. The third kappa shape index (κ3) is 17.6. The summed E-state index contributed by atoms with van der Waals surface area (Å²) in [5.74, 6) is 2.15. The van der Waals surface area contributed by atoms with Gasteiger partial charge in [-0.25, -0.2) is 9.13 Å². The van der Waals surface area contributed by atoms with Crippen LogP contribution in [0.3, 0.4) is 0 Å². The van der Waals surface area contributed by atoms with Crippen LogP contribution in [0.15, 0.2) is 12.4 Å². The van der Waals surface area contributed by atoms with Gasteiger partial charge in [-0.15, -0.1) is 0 Å². The molecule has 0 saturated heterocycles. The molecule has 0 atom stereocenters. The minimum Gasteiger partial charge on any atom is -0.234 e. The number of nitrogens with zero attached hydrogens (tertiary/aromatic N) is 2. The summed E-state index contributed by atoms with van der Waals surface area (Å²) in [6, 6.07) is 0. The summed E-state index contributed by atoms with van der Waals surface area (Å²) in [6.07, 6.45) is 39.0. The van der Waals surface area contributed by atoms with E-state index in [0.717, 1.165) is 0 Å². The quantitative estimate of drug-likeness (QED) is 0.0833. The minimum absolute atomic E-state index is 0.606. The average Bonchev–Trinajstić information content (AvgIpc) is 3.28. The van der Waals surface area contributed by atoms with E-state index < -0.39 is 0 Å². The van der Waals surface area contributed by atoms with Crippen molar-refractivity contribution >= 4 is 0 Å². The molecule has 1 heterocycles. The Hall–Kier alpha value is -0.790. The number of hydrogen-bond donors (Lipinski definition) is 0. The summed E-state index contributed by atoms with van der Waals surface area (Å²) < 4.78 is 5.11. The molecule has 0 N–H and O–H groups in total. The number of rotatable bonds is 27. The zero-order chi connectivity index (χ0) is 26.1. The third-order valence-corrected chi connectivity index (χ3v) is 8.04. The van der Waals surface area contributed by atoms with Crippen LogP contribution in [0.25, 0.3) is 0 Å². The van der Waals surface area contributed by atoms with Crippen molar-refractivity contribution in [2.45, 2.75) is 201 Å². The number of imidazole rings is 1. The molecule has 0 radical (unpaired) electrons. The Morgan fingerprint density at radius 2 is 0.889 bits per heavy atom. The molecule has 1 aromatic heterocycles. The molecule has 0 aliphatic rings. The highest BCUT2D eigenvalue weighted by molar-refractivity contribution is 4.89. The van der Waals surface area contributed by atoms with Gasteiger partial charge in [0, 0.05) is 0 Å². The summed E-state index contributed by atoms with van der Waals surface area (Å²) in [7, 11) is 0. The molecule has 0 saturated carbocycles. The number of aromatic nitrogens is 2. The number of unbranched alkanes of at least 4 members (excludes halogenated alkanes) is 22. The molecule has 2 nitrogen and oxygen atoms in total. The standard InChI is InChI=1S/C34H67N2/c1-5-7-9-11-13-15-16-17-18-19-20-22-24-26-28-30-36-32-31-35(34(36)33(3)4)29-27-25-23-21-14-12-10-8-6-2/h31-33H,5-30H2,1-4H3/q+1. The van der Waals surface area contributed by atoms with Gasteiger partial charge in [0.25, 0.3) is 5.82 Å². The second-order valence-corrected chi connectivity index (χ2v) is 12.0. The van der Waals surface area contributed by atoms with E-state index in [0.29, 0.717) is 5.92 Å². The molecule has 0 bridgehead atoms. The smallest absolute Gasteiger partial charge is 0.234 e. The van der Waals surface area contributed by atoms with Gasteiger partial charge in [0.05, 0.1) is 19.0 Å². The Kier molecular flexibility index (Phi) is 22.7. The van der Waals surface area contributed by atoms with Crippen LogP contribution in [0.4, 0.5) is 0 Å².